The molecular formula is C24H33N5O3S2. The molecule has 1 aromatic rings. The molecule has 1 aliphatic rings. The first-order valence-corrected chi connectivity index (χ1v) is 13.6. The van der Waals surface area contributed by atoms with Crippen molar-refractivity contribution in [3.8, 4) is 0 Å². The summed E-state index contributed by atoms with van der Waals surface area (Å²) in [5.41, 5.74) is 2.56. The number of aliphatic imine (C=N–C) groups is 1. The smallest absolute Gasteiger partial charge is 0.241 e. The molecule has 1 saturated heterocycles. The average Bonchev–Trinajstić information content (AvgIpc) is 3.23. The fraction of sp³-hybridized carbons (Fsp3) is 0.417. The zero-order chi connectivity index (χ0) is 24.6. The van der Waals surface area contributed by atoms with Crippen LogP contribution >= 0.6 is 21.6 Å². The Hall–Kier alpha value is -2.40. The Labute approximate surface area is 209 Å². The van der Waals surface area contributed by atoms with Gasteiger partial charge in [0.05, 0.1) is 11.8 Å². The van der Waals surface area contributed by atoms with Crippen molar-refractivity contribution in [2.75, 3.05) is 56.2 Å². The molecule has 1 heterocycles. The zero-order valence-electron chi connectivity index (χ0n) is 19.4. The largest absolute Gasteiger partial charge is 0.389 e. The maximum absolute atomic E-state index is 12.1. The third-order valence-corrected chi connectivity index (χ3v) is 7.34. The highest BCUT2D eigenvalue weighted by Crippen LogP contribution is 2.23. The lowest BCUT2D eigenvalue weighted by atomic mass is 10.1. The first-order valence-electron chi connectivity index (χ1n) is 11.1. The number of nitrogens with one attached hydrogen (secondary N) is 2. The van der Waals surface area contributed by atoms with Crippen LogP contribution in [0.3, 0.4) is 0 Å². The van der Waals surface area contributed by atoms with Gasteiger partial charge in [-0.25, -0.2) is 0 Å². The summed E-state index contributed by atoms with van der Waals surface area (Å²) in [5.74, 6) is 1.78. The molecule has 1 aliphatic heterocycles. The van der Waals surface area contributed by atoms with E-state index < -0.39 is 12.1 Å². The Kier molecular flexibility index (Phi) is 13.3. The second-order valence-corrected chi connectivity index (χ2v) is 10.2. The molecule has 1 aromatic carbocycles. The van der Waals surface area contributed by atoms with E-state index in [9.17, 15) is 14.8 Å². The van der Waals surface area contributed by atoms with Gasteiger partial charge in [0.1, 0.15) is 12.6 Å². The minimum atomic E-state index is -0.731. The summed E-state index contributed by atoms with van der Waals surface area (Å²) >= 11 is 0. The third kappa shape index (κ3) is 10.3. The summed E-state index contributed by atoms with van der Waals surface area (Å²) in [6.45, 7) is 6.14. The van der Waals surface area contributed by atoms with Crippen molar-refractivity contribution in [3.05, 3.63) is 65.6 Å². The molecule has 2 rings (SSSR count). The number of aliphatic hydroxyl groups excluding tert-OH is 1. The van der Waals surface area contributed by atoms with Gasteiger partial charge in [0.25, 0.3) is 0 Å². The second-order valence-electron chi connectivity index (χ2n) is 7.50. The van der Waals surface area contributed by atoms with Crippen molar-refractivity contribution < 1.29 is 9.90 Å². The van der Waals surface area contributed by atoms with E-state index in [0.717, 1.165) is 29.3 Å². The maximum atomic E-state index is 12.1. The van der Waals surface area contributed by atoms with Crippen molar-refractivity contribution in [3.63, 3.8) is 0 Å². The standard InChI is InChI=1S/C24H33N5O3S2/c1-3-4-5-20(27-16-24(31)26-13-15-34-33-14-12-25-2)9-6-19-7-10-21(11-8-19)29-17-22(28-32)23(30)18-29/h3-11,22-23,25,30H,1,12-18H2,2H3,(H,26,31)/b5-4-,9-6+,27-20-. The highest BCUT2D eigenvalue weighted by molar-refractivity contribution is 8.76. The number of aliphatic hydroxyl groups is 1. The Balaban J connectivity index is 1.86. The van der Waals surface area contributed by atoms with Gasteiger partial charge in [0.2, 0.25) is 5.91 Å². The van der Waals surface area contributed by atoms with Gasteiger partial charge in [0, 0.05) is 43.4 Å². The van der Waals surface area contributed by atoms with Crippen LogP contribution < -0.4 is 15.5 Å². The van der Waals surface area contributed by atoms with Gasteiger partial charge in [-0.3, -0.25) is 9.79 Å². The maximum Gasteiger partial charge on any atom is 0.241 e. The number of carbonyl (C=O) groups is 1. The summed E-state index contributed by atoms with van der Waals surface area (Å²) in [6, 6.07) is 7.20. The molecule has 1 amide bonds. The van der Waals surface area contributed by atoms with E-state index in [2.05, 4.69) is 27.4 Å². The van der Waals surface area contributed by atoms with Gasteiger partial charge in [-0.2, -0.15) is 4.91 Å². The van der Waals surface area contributed by atoms with Gasteiger partial charge in [-0.1, -0.05) is 63.7 Å². The second kappa shape index (κ2) is 16.3. The average molecular weight is 504 g/mol. The molecule has 34 heavy (non-hydrogen) atoms. The van der Waals surface area contributed by atoms with Crippen LogP contribution in [0.2, 0.25) is 0 Å². The summed E-state index contributed by atoms with van der Waals surface area (Å²) in [5, 5.41) is 18.9. The SMILES string of the molecule is C=C\C=C/C(/C=C/c1ccc(N2CC(O)C(N=O)C2)cc1)=N/CC(=O)NCCSSCCNC. The minimum absolute atomic E-state index is 0.0564. The number of nitroso groups, excluding NO2 is 1. The predicted molar refractivity (Wildman–Crippen MR) is 147 cm³/mol. The lowest BCUT2D eigenvalue weighted by Crippen LogP contribution is -2.28. The molecule has 0 saturated carbocycles. The Morgan fingerprint density at radius 2 is 1.94 bits per heavy atom. The number of amides is 1. The van der Waals surface area contributed by atoms with Crippen molar-refractivity contribution in [2.24, 2.45) is 10.2 Å². The Bertz CT molecular complexity index is 874. The van der Waals surface area contributed by atoms with Crippen molar-refractivity contribution in [2.45, 2.75) is 12.1 Å². The van der Waals surface area contributed by atoms with Crippen LogP contribution in [0.4, 0.5) is 5.69 Å². The third-order valence-electron chi connectivity index (χ3n) is 4.93. The van der Waals surface area contributed by atoms with E-state index in [0.29, 0.717) is 25.3 Å². The minimum Gasteiger partial charge on any atom is -0.389 e. The van der Waals surface area contributed by atoms with E-state index in [4.69, 9.17) is 0 Å². The molecule has 10 heteroatoms. The number of nitrogens with zero attached hydrogens (tertiary/aromatic N) is 3. The Morgan fingerprint density at radius 1 is 1.21 bits per heavy atom. The number of β-amino-alcohol motifs (C(OH)–C–C–N with tert-alkyl or cyclic N) is 1. The van der Waals surface area contributed by atoms with E-state index in [-0.39, 0.29) is 12.5 Å². The van der Waals surface area contributed by atoms with E-state index in [1.54, 1.807) is 39.8 Å². The molecule has 0 aliphatic carbocycles. The van der Waals surface area contributed by atoms with Gasteiger partial charge in [0.15, 0.2) is 0 Å². The number of hydrogen-bond donors (Lipinski definition) is 3. The van der Waals surface area contributed by atoms with Crippen molar-refractivity contribution in [1.29, 1.82) is 0 Å². The topological polar surface area (TPSA) is 106 Å². The van der Waals surface area contributed by atoms with Crippen molar-refractivity contribution in [1.82, 2.24) is 10.6 Å². The molecule has 3 N–H and O–H groups in total. The molecule has 0 bridgehead atoms. The normalized spacial score (nSPS) is 18.6. The van der Waals surface area contributed by atoms with Gasteiger partial charge in [-0.15, -0.1) is 0 Å². The first-order chi connectivity index (χ1) is 16.6. The fourth-order valence-electron chi connectivity index (χ4n) is 3.10. The summed E-state index contributed by atoms with van der Waals surface area (Å²) in [7, 11) is 5.46. The van der Waals surface area contributed by atoms with Crippen LogP contribution in [0.1, 0.15) is 5.56 Å². The molecule has 2 atom stereocenters. The molecule has 0 aromatic heterocycles. The Morgan fingerprint density at radius 3 is 2.59 bits per heavy atom. The van der Waals surface area contributed by atoms with Gasteiger partial charge in [-0.05, 0) is 36.9 Å². The number of anilines is 1. The highest BCUT2D eigenvalue weighted by atomic mass is 33.1. The number of rotatable bonds is 15. The predicted octanol–water partition coefficient (Wildman–Crippen LogP) is 2.92. The molecule has 0 radical (unpaired) electrons. The van der Waals surface area contributed by atoms with Gasteiger partial charge < -0.3 is 20.6 Å². The van der Waals surface area contributed by atoms with Crippen LogP contribution in [0.15, 0.2) is 65.3 Å². The molecule has 1 fully saturated rings. The summed E-state index contributed by atoms with van der Waals surface area (Å²) in [6.07, 6.45) is 8.28. The van der Waals surface area contributed by atoms with Gasteiger partial charge >= 0.3 is 0 Å². The number of hydrogen-bond acceptors (Lipinski definition) is 9. The lowest BCUT2D eigenvalue weighted by Gasteiger charge is -2.17. The quantitative estimate of drug-likeness (QED) is 0.111. The van der Waals surface area contributed by atoms with Crippen LogP contribution in [0, 0.1) is 4.91 Å². The highest BCUT2D eigenvalue weighted by Gasteiger charge is 2.32. The number of carbonyl (C=O) groups excluding carboxylic acids is 1. The molecule has 184 valence electrons. The molecule has 2 unspecified atom stereocenters. The van der Waals surface area contributed by atoms with Crippen molar-refractivity contribution >= 4 is 45.0 Å². The monoisotopic (exact) mass is 503 g/mol. The van der Waals surface area contributed by atoms with Crippen LogP contribution in [-0.4, -0.2) is 80.1 Å². The fourth-order valence-corrected chi connectivity index (χ4v) is 5.02. The number of allylic oxidation sites excluding steroid dienone is 4. The van der Waals surface area contributed by atoms with Crippen LogP contribution in [0.25, 0.3) is 6.08 Å². The van der Waals surface area contributed by atoms with E-state index >= 15 is 0 Å². The van der Waals surface area contributed by atoms with E-state index in [1.807, 2.05) is 48.4 Å². The molecule has 8 nitrogen and oxygen atoms in total. The molecule has 0 spiro atoms. The zero-order valence-corrected chi connectivity index (χ0v) is 21.1. The van der Waals surface area contributed by atoms with Crippen LogP contribution in [-0.2, 0) is 4.79 Å². The first kappa shape index (κ1) is 27.8. The van der Waals surface area contributed by atoms with E-state index in [1.165, 1.54) is 0 Å². The number of benzene rings is 1. The summed E-state index contributed by atoms with van der Waals surface area (Å²) < 4.78 is 0. The van der Waals surface area contributed by atoms with Crippen LogP contribution in [0.5, 0.6) is 0 Å². The lowest BCUT2D eigenvalue weighted by molar-refractivity contribution is -0.119. The molecular weight excluding hydrogens is 470 g/mol. The summed E-state index contributed by atoms with van der Waals surface area (Å²) in [4.78, 5) is 29.2.